The van der Waals surface area contributed by atoms with Crippen LogP contribution in [-0.2, 0) is 0 Å². The molecule has 2 rings (SSSR count). The van der Waals surface area contributed by atoms with Gasteiger partial charge in [0.1, 0.15) is 11.5 Å². The van der Waals surface area contributed by atoms with Crippen LogP contribution in [-0.4, -0.2) is 19.3 Å². The first-order valence-corrected chi connectivity index (χ1v) is 7.89. The van der Waals surface area contributed by atoms with Crippen LogP contribution in [0.3, 0.4) is 0 Å². The molecule has 1 atom stereocenters. The van der Waals surface area contributed by atoms with Crippen molar-refractivity contribution in [1.29, 1.82) is 0 Å². The largest absolute Gasteiger partial charge is 0.494 e. The number of hydrogen-bond donors (Lipinski definition) is 1. The zero-order valence-electron chi connectivity index (χ0n) is 12.9. The van der Waals surface area contributed by atoms with Crippen molar-refractivity contribution >= 4 is 5.69 Å². The molecule has 1 aliphatic carbocycles. The molecule has 1 unspecified atom stereocenters. The van der Waals surface area contributed by atoms with E-state index in [-0.39, 0.29) is 0 Å². The lowest BCUT2D eigenvalue weighted by atomic mass is 9.81. The van der Waals surface area contributed by atoms with Crippen molar-refractivity contribution in [3.63, 3.8) is 0 Å². The smallest absolute Gasteiger partial charge is 0.142 e. The maximum absolute atomic E-state index is 5.70. The summed E-state index contributed by atoms with van der Waals surface area (Å²) in [5.74, 6) is 2.72. The summed E-state index contributed by atoms with van der Waals surface area (Å²) >= 11 is 0. The van der Waals surface area contributed by atoms with Gasteiger partial charge in [-0.3, -0.25) is 0 Å². The molecule has 1 fully saturated rings. The lowest BCUT2D eigenvalue weighted by molar-refractivity contribution is 0.285. The fraction of sp³-hybridized carbons (Fsp3) is 0.647. The second-order valence-electron chi connectivity index (χ2n) is 5.60. The number of hydrogen-bond acceptors (Lipinski definition) is 3. The summed E-state index contributed by atoms with van der Waals surface area (Å²) in [6, 6.07) is 6.48. The zero-order valence-corrected chi connectivity index (χ0v) is 12.9. The maximum Gasteiger partial charge on any atom is 0.142 e. The number of benzene rings is 1. The lowest BCUT2D eigenvalue weighted by Gasteiger charge is -2.29. The first-order chi connectivity index (χ1) is 9.72. The second-order valence-corrected chi connectivity index (χ2v) is 5.60. The summed E-state index contributed by atoms with van der Waals surface area (Å²) in [4.78, 5) is 0. The Balaban J connectivity index is 2.02. The van der Waals surface area contributed by atoms with Gasteiger partial charge in [0.2, 0.25) is 0 Å². The average molecular weight is 277 g/mol. The molecular formula is C17H27NO2. The topological polar surface area (TPSA) is 30.5 Å². The molecule has 1 aromatic carbocycles. The Hall–Kier alpha value is -1.38. The van der Waals surface area contributed by atoms with Gasteiger partial charge < -0.3 is 14.8 Å². The Labute approximate surface area is 122 Å². The molecule has 0 heterocycles. The van der Waals surface area contributed by atoms with Gasteiger partial charge in [-0.05, 0) is 45.2 Å². The van der Waals surface area contributed by atoms with Gasteiger partial charge >= 0.3 is 0 Å². The number of rotatable bonds is 8. The third-order valence-corrected chi connectivity index (χ3v) is 3.88. The molecule has 0 aromatic heterocycles. The molecule has 0 amide bonds. The number of ether oxygens (including phenoxy) is 2. The van der Waals surface area contributed by atoms with Crippen LogP contribution >= 0.6 is 0 Å². The van der Waals surface area contributed by atoms with E-state index in [1.54, 1.807) is 0 Å². The van der Waals surface area contributed by atoms with Crippen molar-refractivity contribution in [2.75, 3.05) is 18.5 Å². The van der Waals surface area contributed by atoms with Crippen LogP contribution < -0.4 is 14.8 Å². The first kappa shape index (κ1) is 15.0. The maximum atomic E-state index is 5.70. The average Bonchev–Trinajstić information content (AvgIpc) is 2.38. The third-order valence-electron chi connectivity index (χ3n) is 3.88. The Bertz CT molecular complexity index is 415. The second kappa shape index (κ2) is 7.41. The first-order valence-electron chi connectivity index (χ1n) is 7.89. The van der Waals surface area contributed by atoms with E-state index in [0.717, 1.165) is 23.1 Å². The van der Waals surface area contributed by atoms with Crippen molar-refractivity contribution < 1.29 is 9.47 Å². The van der Waals surface area contributed by atoms with Gasteiger partial charge in [0.15, 0.2) is 0 Å². The summed E-state index contributed by atoms with van der Waals surface area (Å²) in [6.45, 7) is 7.63. The van der Waals surface area contributed by atoms with Crippen molar-refractivity contribution in [2.45, 2.75) is 52.5 Å². The minimum atomic E-state index is 0.469. The van der Waals surface area contributed by atoms with Crippen LogP contribution in [0.1, 0.15) is 46.5 Å². The normalized spacial score (nSPS) is 16.4. The van der Waals surface area contributed by atoms with Crippen LogP contribution in [0.5, 0.6) is 11.5 Å². The Morgan fingerprint density at radius 2 is 1.95 bits per heavy atom. The Morgan fingerprint density at radius 1 is 1.20 bits per heavy atom. The van der Waals surface area contributed by atoms with E-state index < -0.39 is 0 Å². The van der Waals surface area contributed by atoms with E-state index in [0.29, 0.717) is 19.3 Å². The lowest BCUT2D eigenvalue weighted by Crippen LogP contribution is -2.23. The summed E-state index contributed by atoms with van der Waals surface area (Å²) in [5.41, 5.74) is 1.05. The van der Waals surface area contributed by atoms with Gasteiger partial charge in [-0.25, -0.2) is 0 Å². The molecule has 0 radical (unpaired) electrons. The van der Waals surface area contributed by atoms with Crippen LogP contribution in [0.15, 0.2) is 18.2 Å². The SMILES string of the molecule is CCOc1ccc(OCC)c(NC(C)CC2CCC2)c1. The molecular weight excluding hydrogens is 250 g/mol. The minimum absolute atomic E-state index is 0.469. The Kier molecular flexibility index (Phi) is 5.57. The van der Waals surface area contributed by atoms with Gasteiger partial charge in [-0.2, -0.15) is 0 Å². The highest BCUT2D eigenvalue weighted by atomic mass is 16.5. The van der Waals surface area contributed by atoms with Crippen LogP contribution in [0.25, 0.3) is 0 Å². The predicted molar refractivity (Wildman–Crippen MR) is 83.8 cm³/mol. The number of anilines is 1. The van der Waals surface area contributed by atoms with E-state index in [4.69, 9.17) is 9.47 Å². The Morgan fingerprint density at radius 3 is 2.55 bits per heavy atom. The molecule has 1 aliphatic rings. The highest BCUT2D eigenvalue weighted by molar-refractivity contribution is 5.60. The summed E-state index contributed by atoms with van der Waals surface area (Å²) in [7, 11) is 0. The molecule has 3 heteroatoms. The highest BCUT2D eigenvalue weighted by Crippen LogP contribution is 2.34. The standard InChI is InChI=1S/C17H27NO2/c1-4-19-15-9-10-17(20-5-2)16(12-15)18-13(3)11-14-7-6-8-14/h9-10,12-14,18H,4-8,11H2,1-3H3. The van der Waals surface area contributed by atoms with Gasteiger partial charge in [0, 0.05) is 12.1 Å². The van der Waals surface area contributed by atoms with Crippen LogP contribution in [0.4, 0.5) is 5.69 Å². The molecule has 1 saturated carbocycles. The molecule has 0 aliphatic heterocycles. The van der Waals surface area contributed by atoms with Crippen molar-refractivity contribution in [3.8, 4) is 11.5 Å². The molecule has 0 spiro atoms. The van der Waals surface area contributed by atoms with Crippen LogP contribution in [0.2, 0.25) is 0 Å². The summed E-state index contributed by atoms with van der Waals surface area (Å²) < 4.78 is 11.3. The molecule has 0 saturated heterocycles. The molecule has 0 bridgehead atoms. The summed E-state index contributed by atoms with van der Waals surface area (Å²) in [6.07, 6.45) is 5.43. The van der Waals surface area contributed by atoms with Crippen LogP contribution in [0, 0.1) is 5.92 Å². The molecule has 1 aromatic rings. The van der Waals surface area contributed by atoms with E-state index in [1.165, 1.54) is 25.7 Å². The van der Waals surface area contributed by atoms with E-state index in [1.807, 2.05) is 32.0 Å². The molecule has 1 N–H and O–H groups in total. The van der Waals surface area contributed by atoms with E-state index >= 15 is 0 Å². The van der Waals surface area contributed by atoms with Gasteiger partial charge in [-0.1, -0.05) is 19.3 Å². The predicted octanol–water partition coefficient (Wildman–Crippen LogP) is 4.47. The molecule has 20 heavy (non-hydrogen) atoms. The van der Waals surface area contributed by atoms with Crippen molar-refractivity contribution in [3.05, 3.63) is 18.2 Å². The van der Waals surface area contributed by atoms with Crippen molar-refractivity contribution in [2.24, 2.45) is 5.92 Å². The van der Waals surface area contributed by atoms with Crippen molar-refractivity contribution in [1.82, 2.24) is 0 Å². The highest BCUT2D eigenvalue weighted by Gasteiger charge is 2.20. The van der Waals surface area contributed by atoms with E-state index in [9.17, 15) is 0 Å². The third kappa shape index (κ3) is 4.06. The molecule has 112 valence electrons. The van der Waals surface area contributed by atoms with Gasteiger partial charge in [0.05, 0.1) is 18.9 Å². The van der Waals surface area contributed by atoms with Gasteiger partial charge in [0.25, 0.3) is 0 Å². The fourth-order valence-electron chi connectivity index (χ4n) is 2.71. The molecule has 3 nitrogen and oxygen atoms in total. The quantitative estimate of drug-likeness (QED) is 0.760. The van der Waals surface area contributed by atoms with E-state index in [2.05, 4.69) is 12.2 Å². The number of nitrogens with one attached hydrogen (secondary N) is 1. The monoisotopic (exact) mass is 277 g/mol. The zero-order chi connectivity index (χ0) is 14.4. The summed E-state index contributed by atoms with van der Waals surface area (Å²) in [5, 5.41) is 3.59. The van der Waals surface area contributed by atoms with Gasteiger partial charge in [-0.15, -0.1) is 0 Å². The fourth-order valence-corrected chi connectivity index (χ4v) is 2.71. The minimum Gasteiger partial charge on any atom is -0.494 e.